The molecule has 32 heavy (non-hydrogen) atoms. The van der Waals surface area contributed by atoms with Crippen LogP contribution in [0.25, 0.3) is 11.1 Å². The first-order chi connectivity index (χ1) is 15.2. The molecular formula is C24H21ClFN3O3. The average Bonchev–Trinajstić information content (AvgIpc) is 2.84. The van der Waals surface area contributed by atoms with Gasteiger partial charge in [-0.3, -0.25) is 14.4 Å². The van der Waals surface area contributed by atoms with Gasteiger partial charge in [-0.2, -0.15) is 0 Å². The summed E-state index contributed by atoms with van der Waals surface area (Å²) in [6.45, 7) is 3.19. The summed E-state index contributed by atoms with van der Waals surface area (Å²) >= 11 is 5.70. The highest BCUT2D eigenvalue weighted by atomic mass is 35.5. The van der Waals surface area contributed by atoms with Crippen LogP contribution >= 0.6 is 11.6 Å². The van der Waals surface area contributed by atoms with Crippen molar-refractivity contribution in [3.63, 3.8) is 0 Å². The van der Waals surface area contributed by atoms with Crippen molar-refractivity contribution in [2.24, 2.45) is 7.05 Å². The molecule has 164 valence electrons. The Labute approximate surface area is 189 Å². The van der Waals surface area contributed by atoms with Crippen molar-refractivity contribution in [1.29, 1.82) is 0 Å². The van der Waals surface area contributed by atoms with Gasteiger partial charge >= 0.3 is 0 Å². The molecule has 1 N–H and O–H groups in total. The number of nitrogens with one attached hydrogen (secondary N) is 1. The number of carbonyl (C=O) groups is 2. The molecule has 0 saturated carbocycles. The third kappa shape index (κ3) is 3.69. The van der Waals surface area contributed by atoms with Crippen LogP contribution in [0, 0.1) is 12.7 Å². The number of hydrogen-bond donors (Lipinski definition) is 1. The molecule has 1 aliphatic heterocycles. The number of amides is 2. The summed E-state index contributed by atoms with van der Waals surface area (Å²) in [4.78, 5) is 40.8. The lowest BCUT2D eigenvalue weighted by Gasteiger charge is -2.25. The maximum Gasteiger partial charge on any atom is 0.260 e. The van der Waals surface area contributed by atoms with Gasteiger partial charge in [-0.15, -0.1) is 0 Å². The number of aryl methyl sites for hydroxylation is 1. The van der Waals surface area contributed by atoms with Gasteiger partial charge in [-0.25, -0.2) is 4.39 Å². The molecule has 1 aromatic heterocycles. The van der Waals surface area contributed by atoms with Crippen molar-refractivity contribution in [1.82, 2.24) is 4.57 Å². The predicted molar refractivity (Wildman–Crippen MR) is 123 cm³/mol. The number of anilines is 2. The molecule has 0 aliphatic carbocycles. The normalized spacial score (nSPS) is 15.1. The number of nitrogens with zero attached hydrogens (tertiary/aromatic N) is 2. The number of benzene rings is 2. The molecule has 4 rings (SSSR count). The number of aromatic nitrogens is 1. The Morgan fingerprint density at radius 2 is 1.88 bits per heavy atom. The third-order valence-corrected chi connectivity index (χ3v) is 6.08. The van der Waals surface area contributed by atoms with E-state index in [1.54, 1.807) is 27.0 Å². The number of rotatable bonds is 3. The highest BCUT2D eigenvalue weighted by molar-refractivity contribution is 6.30. The zero-order valence-electron chi connectivity index (χ0n) is 17.8. The first kappa shape index (κ1) is 21.8. The Hall–Kier alpha value is -3.45. The number of halogens is 2. The van der Waals surface area contributed by atoms with Crippen molar-refractivity contribution >= 4 is 34.8 Å². The number of carbonyl (C=O) groups excluding carboxylic acids is 2. The lowest BCUT2D eigenvalue weighted by Crippen LogP contribution is -2.40. The quantitative estimate of drug-likeness (QED) is 0.644. The molecule has 0 fully saturated rings. The fourth-order valence-electron chi connectivity index (χ4n) is 3.94. The predicted octanol–water partition coefficient (Wildman–Crippen LogP) is 4.24. The number of fused-ring (bicyclic) bond motifs is 3. The fraction of sp³-hybridized carbons (Fsp3) is 0.208. The summed E-state index contributed by atoms with van der Waals surface area (Å²) in [5.41, 5.74) is 2.77. The van der Waals surface area contributed by atoms with Gasteiger partial charge in [0.25, 0.3) is 5.56 Å². The maximum atomic E-state index is 13.7. The monoisotopic (exact) mass is 453 g/mol. The van der Waals surface area contributed by atoms with Gasteiger partial charge < -0.3 is 14.8 Å². The molecule has 3 aromatic rings. The van der Waals surface area contributed by atoms with Gasteiger partial charge in [0.1, 0.15) is 12.4 Å². The highest BCUT2D eigenvalue weighted by Crippen LogP contribution is 2.39. The number of pyridine rings is 1. The van der Waals surface area contributed by atoms with Crippen molar-refractivity contribution < 1.29 is 14.0 Å². The summed E-state index contributed by atoms with van der Waals surface area (Å²) in [5.74, 6) is -2.06. The summed E-state index contributed by atoms with van der Waals surface area (Å²) in [6.07, 6.45) is 0. The molecule has 0 saturated heterocycles. The Morgan fingerprint density at radius 1 is 1.16 bits per heavy atom. The minimum absolute atomic E-state index is 0.0578. The van der Waals surface area contributed by atoms with Crippen LogP contribution in [0.2, 0.25) is 5.02 Å². The van der Waals surface area contributed by atoms with E-state index in [4.69, 9.17) is 11.6 Å². The summed E-state index contributed by atoms with van der Waals surface area (Å²) in [7, 11) is 1.67. The lowest BCUT2D eigenvalue weighted by atomic mass is 9.93. The van der Waals surface area contributed by atoms with Crippen molar-refractivity contribution in [3.05, 3.63) is 81.0 Å². The maximum absolute atomic E-state index is 13.7. The second-order valence-electron chi connectivity index (χ2n) is 7.82. The average molecular weight is 454 g/mol. The zero-order valence-corrected chi connectivity index (χ0v) is 18.5. The molecular weight excluding hydrogens is 433 g/mol. The smallest absolute Gasteiger partial charge is 0.260 e. The van der Waals surface area contributed by atoms with Gasteiger partial charge in [0.05, 0.1) is 22.2 Å². The molecule has 2 aromatic carbocycles. The Kier molecular flexibility index (Phi) is 5.60. The zero-order chi connectivity index (χ0) is 23.2. The third-order valence-electron chi connectivity index (χ3n) is 5.78. The molecule has 0 bridgehead atoms. The molecule has 2 amide bonds. The van der Waals surface area contributed by atoms with E-state index < -0.39 is 17.6 Å². The largest absolute Gasteiger partial charge is 0.324 e. The fourth-order valence-corrected chi connectivity index (χ4v) is 4.06. The lowest BCUT2D eigenvalue weighted by molar-refractivity contribution is -0.122. The summed E-state index contributed by atoms with van der Waals surface area (Å²) in [6, 6.07) is 12.9. The number of hydrogen-bond acceptors (Lipinski definition) is 3. The van der Waals surface area contributed by atoms with Crippen LogP contribution in [0.1, 0.15) is 24.1 Å². The van der Waals surface area contributed by atoms with Crippen LogP contribution in [0.5, 0.6) is 0 Å². The minimum atomic E-state index is -0.663. The standard InChI is InChI=1S/C24H21ClFN3O3/c1-13-10-20-22(24(32)28(13)3)17-7-5-4-6-16(17)14(2)23(31)29(20)12-21(30)27-15-8-9-18(25)19(26)11-15/h4-11,14H,12H2,1-3H3,(H,27,30). The molecule has 8 heteroatoms. The van der Waals surface area contributed by atoms with E-state index in [0.29, 0.717) is 22.5 Å². The molecule has 2 heterocycles. The Balaban J connectivity index is 1.79. The van der Waals surface area contributed by atoms with Gasteiger partial charge in [0.2, 0.25) is 11.8 Å². The molecule has 1 unspecified atom stereocenters. The van der Waals surface area contributed by atoms with E-state index in [1.165, 1.54) is 21.6 Å². The van der Waals surface area contributed by atoms with E-state index in [1.807, 2.05) is 24.3 Å². The van der Waals surface area contributed by atoms with E-state index >= 15 is 0 Å². The first-order valence-electron chi connectivity index (χ1n) is 10.0. The first-order valence-corrected chi connectivity index (χ1v) is 10.4. The topological polar surface area (TPSA) is 71.4 Å². The second-order valence-corrected chi connectivity index (χ2v) is 8.23. The Morgan fingerprint density at radius 3 is 2.59 bits per heavy atom. The van der Waals surface area contributed by atoms with Crippen molar-refractivity contribution in [3.8, 4) is 11.1 Å². The van der Waals surface area contributed by atoms with Crippen molar-refractivity contribution in [2.45, 2.75) is 19.8 Å². The van der Waals surface area contributed by atoms with Gasteiger partial charge in [0, 0.05) is 18.4 Å². The van der Waals surface area contributed by atoms with Crippen molar-refractivity contribution in [2.75, 3.05) is 16.8 Å². The summed E-state index contributed by atoms with van der Waals surface area (Å²) < 4.78 is 15.3. The van der Waals surface area contributed by atoms with Gasteiger partial charge in [-0.1, -0.05) is 35.9 Å². The van der Waals surface area contributed by atoms with Crippen LogP contribution in [0.4, 0.5) is 15.8 Å². The molecule has 0 radical (unpaired) electrons. The van der Waals surface area contributed by atoms with Gasteiger partial charge in [0.15, 0.2) is 0 Å². The molecule has 1 atom stereocenters. The molecule has 1 aliphatic rings. The summed E-state index contributed by atoms with van der Waals surface area (Å²) in [5, 5.41) is 2.53. The SMILES string of the molecule is Cc1cc2c(c(=O)n1C)-c1ccccc1C(C)C(=O)N2CC(=O)Nc1ccc(Cl)c(F)c1. The van der Waals surface area contributed by atoms with Crippen LogP contribution in [-0.2, 0) is 16.6 Å². The van der Waals surface area contributed by atoms with Crippen LogP contribution < -0.4 is 15.8 Å². The van der Waals surface area contributed by atoms with E-state index in [0.717, 1.165) is 11.6 Å². The van der Waals surface area contributed by atoms with E-state index in [9.17, 15) is 18.8 Å². The Bertz CT molecular complexity index is 1320. The van der Waals surface area contributed by atoms with E-state index in [-0.39, 0.29) is 28.7 Å². The van der Waals surface area contributed by atoms with Gasteiger partial charge in [-0.05, 0) is 49.2 Å². The molecule has 6 nitrogen and oxygen atoms in total. The minimum Gasteiger partial charge on any atom is -0.324 e. The van der Waals surface area contributed by atoms with E-state index in [2.05, 4.69) is 5.32 Å². The van der Waals surface area contributed by atoms with Crippen LogP contribution in [0.3, 0.4) is 0 Å². The molecule has 0 spiro atoms. The van der Waals surface area contributed by atoms with Crippen LogP contribution in [0.15, 0.2) is 53.3 Å². The second kappa shape index (κ2) is 8.24. The van der Waals surface area contributed by atoms with Crippen LogP contribution in [-0.4, -0.2) is 22.9 Å². The highest BCUT2D eigenvalue weighted by Gasteiger charge is 2.34.